The summed E-state index contributed by atoms with van der Waals surface area (Å²) < 4.78 is 5.92. The normalized spacial score (nSPS) is 11.2. The van der Waals surface area contributed by atoms with E-state index < -0.39 is 6.04 Å². The molecule has 2 heterocycles. The van der Waals surface area contributed by atoms with Gasteiger partial charge in [0.15, 0.2) is 16.6 Å². The second-order valence-corrected chi connectivity index (χ2v) is 7.08. The molecule has 1 aromatic carbocycles. The molecule has 0 fully saturated rings. The van der Waals surface area contributed by atoms with Crippen LogP contribution in [0.4, 0.5) is 5.82 Å². The lowest BCUT2D eigenvalue weighted by Gasteiger charge is -2.14. The van der Waals surface area contributed by atoms with Crippen LogP contribution in [0, 0.1) is 0 Å². The lowest BCUT2D eigenvalue weighted by molar-refractivity contribution is 0.203. The fraction of sp³-hybridized carbons (Fsp3) is 0.312. The lowest BCUT2D eigenvalue weighted by atomic mass is 10.2. The van der Waals surface area contributed by atoms with Crippen molar-refractivity contribution < 1.29 is 14.9 Å². The van der Waals surface area contributed by atoms with Gasteiger partial charge in [0, 0.05) is 5.75 Å². The molecular weight excluding hydrogens is 360 g/mol. The second-order valence-electron chi connectivity index (χ2n) is 5.17. The van der Waals surface area contributed by atoms with Gasteiger partial charge < -0.3 is 20.3 Å². The van der Waals surface area contributed by atoms with Gasteiger partial charge >= 0.3 is 0 Å². The van der Waals surface area contributed by atoms with Gasteiger partial charge in [-0.1, -0.05) is 53.4 Å². The number of anilines is 1. The van der Waals surface area contributed by atoms with Crippen LogP contribution in [-0.2, 0) is 5.75 Å². The van der Waals surface area contributed by atoms with E-state index in [1.165, 1.54) is 28.7 Å². The van der Waals surface area contributed by atoms with Crippen LogP contribution in [0.15, 0.2) is 35.5 Å². The Kier molecular flexibility index (Phi) is 6.03. The zero-order valence-electron chi connectivity index (χ0n) is 13.5. The van der Waals surface area contributed by atoms with Crippen molar-refractivity contribution in [1.29, 1.82) is 0 Å². The van der Waals surface area contributed by atoms with E-state index in [2.05, 4.69) is 20.3 Å². The number of benzene rings is 1. The Morgan fingerprint density at radius 2 is 1.92 bits per heavy atom. The number of hydrogen-bond acceptors (Lipinski definition) is 9. The monoisotopic (exact) mass is 378 g/mol. The highest BCUT2D eigenvalue weighted by Crippen LogP contribution is 2.33. The zero-order chi connectivity index (χ0) is 17.6. The molecule has 2 aromatic heterocycles. The maximum atomic E-state index is 9.32. The number of hydrogen-bond donors (Lipinski definition) is 3. The molecule has 9 heteroatoms. The number of thiazole rings is 1. The van der Waals surface area contributed by atoms with Crippen molar-refractivity contribution in [1.82, 2.24) is 15.0 Å². The third kappa shape index (κ3) is 4.37. The maximum absolute atomic E-state index is 9.32. The first-order valence-electron chi connectivity index (χ1n) is 7.61. The minimum Gasteiger partial charge on any atom is -0.473 e. The Balaban J connectivity index is 1.90. The summed E-state index contributed by atoms with van der Waals surface area (Å²) in [4.78, 5) is 13.4. The van der Waals surface area contributed by atoms with E-state index in [0.717, 1.165) is 10.5 Å². The Labute approximate surface area is 153 Å². The second kappa shape index (κ2) is 8.43. The number of methoxy groups -OCH3 is 1. The van der Waals surface area contributed by atoms with Gasteiger partial charge in [-0.25, -0.2) is 9.97 Å². The van der Waals surface area contributed by atoms with Gasteiger partial charge in [0.05, 0.1) is 26.4 Å². The number of aromatic nitrogens is 3. The van der Waals surface area contributed by atoms with Crippen LogP contribution in [0.2, 0.25) is 0 Å². The Bertz CT molecular complexity index is 825. The van der Waals surface area contributed by atoms with Gasteiger partial charge in [0.25, 0.3) is 5.19 Å². The first-order chi connectivity index (χ1) is 12.2. The summed E-state index contributed by atoms with van der Waals surface area (Å²) in [5, 5.41) is 22.8. The van der Waals surface area contributed by atoms with Gasteiger partial charge in [-0.15, -0.1) is 0 Å². The summed E-state index contributed by atoms with van der Waals surface area (Å²) in [5.41, 5.74) is 1.70. The highest BCUT2D eigenvalue weighted by Gasteiger charge is 2.17. The lowest BCUT2D eigenvalue weighted by Crippen LogP contribution is -2.28. The van der Waals surface area contributed by atoms with E-state index in [0.29, 0.717) is 21.8 Å². The maximum Gasteiger partial charge on any atom is 0.275 e. The molecule has 0 aliphatic heterocycles. The van der Waals surface area contributed by atoms with Gasteiger partial charge in [0.2, 0.25) is 0 Å². The third-order valence-corrected chi connectivity index (χ3v) is 5.31. The summed E-state index contributed by atoms with van der Waals surface area (Å²) in [5.74, 6) is 1.27. The van der Waals surface area contributed by atoms with E-state index in [9.17, 15) is 10.2 Å². The van der Waals surface area contributed by atoms with Crippen molar-refractivity contribution in [2.75, 3.05) is 25.6 Å². The van der Waals surface area contributed by atoms with Crippen molar-refractivity contribution in [2.45, 2.75) is 17.0 Å². The van der Waals surface area contributed by atoms with Crippen molar-refractivity contribution in [3.05, 3.63) is 35.9 Å². The number of rotatable bonds is 8. The predicted octanol–water partition coefficient (Wildman–Crippen LogP) is 2.15. The number of nitrogens with zero attached hydrogens (tertiary/aromatic N) is 3. The van der Waals surface area contributed by atoms with Crippen LogP contribution in [0.25, 0.3) is 10.3 Å². The van der Waals surface area contributed by atoms with Gasteiger partial charge in [-0.05, 0) is 5.56 Å². The van der Waals surface area contributed by atoms with Crippen LogP contribution in [0.3, 0.4) is 0 Å². The van der Waals surface area contributed by atoms with Crippen molar-refractivity contribution in [3.8, 4) is 5.19 Å². The first kappa shape index (κ1) is 17.9. The number of ether oxygens (including phenoxy) is 1. The molecule has 0 aliphatic rings. The highest BCUT2D eigenvalue weighted by molar-refractivity contribution is 7.98. The predicted molar refractivity (Wildman–Crippen MR) is 99.3 cm³/mol. The number of aliphatic hydroxyl groups excluding tert-OH is 2. The van der Waals surface area contributed by atoms with Crippen LogP contribution in [0.5, 0.6) is 5.19 Å². The number of thioether (sulfide) groups is 1. The molecule has 0 saturated heterocycles. The fourth-order valence-corrected chi connectivity index (χ4v) is 3.67. The molecule has 0 radical (unpaired) electrons. The molecule has 0 amide bonds. The molecule has 0 unspecified atom stereocenters. The molecule has 25 heavy (non-hydrogen) atoms. The van der Waals surface area contributed by atoms with Gasteiger partial charge in [-0.3, -0.25) is 0 Å². The summed E-state index contributed by atoms with van der Waals surface area (Å²) in [7, 11) is 1.55. The molecule has 3 rings (SSSR count). The molecule has 7 nitrogen and oxygen atoms in total. The van der Waals surface area contributed by atoms with E-state index in [-0.39, 0.29) is 13.2 Å². The van der Waals surface area contributed by atoms with Crippen LogP contribution < -0.4 is 10.1 Å². The molecule has 0 saturated carbocycles. The zero-order valence-corrected chi connectivity index (χ0v) is 15.2. The standard InChI is InChI=1S/C16H18N4O3S2/c1-23-16-20-14-12(25-16)13(17-11(7-21)8-22)18-15(19-14)24-9-10-5-3-2-4-6-10/h2-6,11,21-22H,7-9H2,1H3,(H,17,18,19). The molecule has 0 spiro atoms. The molecule has 3 N–H and O–H groups in total. The summed E-state index contributed by atoms with van der Waals surface area (Å²) in [6, 6.07) is 9.55. The minimum absolute atomic E-state index is 0.204. The smallest absolute Gasteiger partial charge is 0.275 e. The average molecular weight is 378 g/mol. The van der Waals surface area contributed by atoms with Crippen molar-refractivity contribution in [3.63, 3.8) is 0 Å². The fourth-order valence-electron chi connectivity index (χ4n) is 2.10. The van der Waals surface area contributed by atoms with E-state index >= 15 is 0 Å². The van der Waals surface area contributed by atoms with E-state index in [1.807, 2.05) is 30.3 Å². The van der Waals surface area contributed by atoms with E-state index in [1.54, 1.807) is 7.11 Å². The van der Waals surface area contributed by atoms with E-state index in [4.69, 9.17) is 4.74 Å². The molecule has 132 valence electrons. The Morgan fingerprint density at radius 1 is 1.16 bits per heavy atom. The van der Waals surface area contributed by atoms with Crippen LogP contribution >= 0.6 is 23.1 Å². The molecular formula is C16H18N4O3S2. The summed E-state index contributed by atoms with van der Waals surface area (Å²) >= 11 is 2.81. The number of aliphatic hydroxyl groups is 2. The largest absolute Gasteiger partial charge is 0.473 e. The minimum atomic E-state index is -0.502. The van der Waals surface area contributed by atoms with Crippen molar-refractivity contribution in [2.24, 2.45) is 0 Å². The number of fused-ring (bicyclic) bond motifs is 1. The molecule has 3 aromatic rings. The number of nitrogens with one attached hydrogen (secondary N) is 1. The Morgan fingerprint density at radius 3 is 2.60 bits per heavy atom. The van der Waals surface area contributed by atoms with Crippen LogP contribution in [0.1, 0.15) is 5.56 Å². The summed E-state index contributed by atoms with van der Waals surface area (Å²) in [6.45, 7) is -0.408. The van der Waals surface area contributed by atoms with Gasteiger partial charge in [-0.2, -0.15) is 4.98 Å². The van der Waals surface area contributed by atoms with Crippen molar-refractivity contribution >= 4 is 39.3 Å². The quantitative estimate of drug-likeness (QED) is 0.405. The molecule has 0 bridgehead atoms. The molecule has 0 aliphatic carbocycles. The van der Waals surface area contributed by atoms with Gasteiger partial charge in [0.1, 0.15) is 4.70 Å². The third-order valence-electron chi connectivity index (χ3n) is 3.38. The SMILES string of the molecule is COc1nc2nc(SCc3ccccc3)nc(NC(CO)CO)c2s1. The highest BCUT2D eigenvalue weighted by atomic mass is 32.2. The first-order valence-corrected chi connectivity index (χ1v) is 9.41. The summed E-state index contributed by atoms with van der Waals surface area (Å²) in [6.07, 6.45) is 0. The average Bonchev–Trinajstić information content (AvgIpc) is 3.08. The Hall–Kier alpha value is -1.94. The molecule has 0 atom stereocenters. The van der Waals surface area contributed by atoms with Crippen LogP contribution in [-0.4, -0.2) is 51.5 Å². The topological polar surface area (TPSA) is 100 Å².